The van der Waals surface area contributed by atoms with Crippen LogP contribution in [0.15, 0.2) is 0 Å². The van der Waals surface area contributed by atoms with Gasteiger partial charge < -0.3 is 34.7 Å². The van der Waals surface area contributed by atoms with E-state index in [-0.39, 0.29) is 17.3 Å². The molecular weight excluding hydrogens is 296 g/mol. The molecule has 0 aromatic carbocycles. The highest BCUT2D eigenvalue weighted by Crippen LogP contribution is 2.47. The molecule has 0 aromatic heterocycles. The first kappa shape index (κ1) is 15.4. The molecule has 3 N–H and O–H groups in total. The third kappa shape index (κ3) is 2.76. The van der Waals surface area contributed by atoms with Crippen LogP contribution in [-0.4, -0.2) is 53.9 Å². The van der Waals surface area contributed by atoms with Crippen LogP contribution < -0.4 is 11.1 Å². The first-order valence-electron chi connectivity index (χ1n) is 7.03. The summed E-state index contributed by atoms with van der Waals surface area (Å²) in [4.78, 5) is 0. The Morgan fingerprint density at radius 2 is 1.90 bits per heavy atom. The molecule has 0 amide bonds. The molecule has 3 fully saturated rings. The van der Waals surface area contributed by atoms with Crippen LogP contribution in [0.2, 0.25) is 0 Å². The highest BCUT2D eigenvalue weighted by Gasteiger charge is 2.65. The van der Waals surface area contributed by atoms with Gasteiger partial charge >= 0.3 is 0 Å². The molecule has 3 rings (SSSR count). The summed E-state index contributed by atoms with van der Waals surface area (Å²) in [6.45, 7) is 8.09. The second-order valence-corrected chi connectivity index (χ2v) is 6.96. The van der Waals surface area contributed by atoms with Crippen molar-refractivity contribution in [3.8, 4) is 0 Å². The van der Waals surface area contributed by atoms with E-state index < -0.39 is 23.5 Å². The van der Waals surface area contributed by atoms with Crippen LogP contribution in [0.4, 0.5) is 0 Å². The quantitative estimate of drug-likeness (QED) is 0.700. The fraction of sp³-hybridized carbons (Fsp3) is 0.923. The Morgan fingerprint density at radius 3 is 2.57 bits per heavy atom. The highest BCUT2D eigenvalue weighted by atomic mass is 32.1. The highest BCUT2D eigenvalue weighted by molar-refractivity contribution is 7.80. The van der Waals surface area contributed by atoms with Gasteiger partial charge in [-0.1, -0.05) is 0 Å². The molecule has 3 aliphatic rings. The second kappa shape index (κ2) is 4.74. The molecule has 120 valence electrons. The number of thiocarbonyl (C=S) groups is 1. The normalized spacial score (nSPS) is 43.1. The summed E-state index contributed by atoms with van der Waals surface area (Å²) in [5.74, 6) is -2.44. The van der Waals surface area contributed by atoms with Gasteiger partial charge in [-0.3, -0.25) is 0 Å². The predicted octanol–water partition coefficient (Wildman–Crippen LogP) is 0.218. The molecule has 0 unspecified atom stereocenters. The lowest BCUT2D eigenvalue weighted by molar-refractivity contribution is -0.276. The molecule has 0 spiro atoms. The smallest absolute Gasteiger partial charge is 0.218 e. The van der Waals surface area contributed by atoms with Gasteiger partial charge in [0.2, 0.25) is 5.79 Å². The van der Waals surface area contributed by atoms with E-state index >= 15 is 0 Å². The second-order valence-electron chi connectivity index (χ2n) is 6.52. The average molecular weight is 318 g/mol. The molecule has 3 aliphatic heterocycles. The summed E-state index contributed by atoms with van der Waals surface area (Å²) in [6, 6.07) is 0. The molecule has 0 aliphatic carbocycles. The van der Waals surface area contributed by atoms with E-state index in [1.165, 1.54) is 0 Å². The summed E-state index contributed by atoms with van der Waals surface area (Å²) in [5, 5.41) is 3.08. The number of rotatable bonds is 2. The molecule has 7 nitrogen and oxygen atoms in total. The molecule has 0 aromatic rings. The zero-order valence-corrected chi connectivity index (χ0v) is 13.5. The fourth-order valence-electron chi connectivity index (χ4n) is 3.19. The minimum absolute atomic E-state index is 0.180. The number of nitrogens with two attached hydrogens (primary N) is 1. The topological polar surface area (TPSA) is 84.2 Å². The first-order valence-corrected chi connectivity index (χ1v) is 7.44. The van der Waals surface area contributed by atoms with Gasteiger partial charge in [0.25, 0.3) is 0 Å². The predicted molar refractivity (Wildman–Crippen MR) is 77.3 cm³/mol. The SMILES string of the molecule is CC1(C)O[C@@H]2[C@@H](CO[C@@]3(CNC(N)=S)OC(C)(C)O[C@@H]23)O1. The van der Waals surface area contributed by atoms with Crippen LogP contribution in [-0.2, 0) is 23.7 Å². The van der Waals surface area contributed by atoms with Crippen LogP contribution in [0.5, 0.6) is 0 Å². The van der Waals surface area contributed by atoms with Gasteiger partial charge in [-0.25, -0.2) is 0 Å². The minimum atomic E-state index is -0.988. The van der Waals surface area contributed by atoms with Gasteiger partial charge in [0, 0.05) is 0 Å². The van der Waals surface area contributed by atoms with Gasteiger partial charge in [-0.15, -0.1) is 0 Å². The summed E-state index contributed by atoms with van der Waals surface area (Å²) in [7, 11) is 0. The van der Waals surface area contributed by atoms with Crippen molar-refractivity contribution in [1.29, 1.82) is 0 Å². The lowest BCUT2D eigenvalue weighted by Gasteiger charge is -2.40. The summed E-state index contributed by atoms with van der Waals surface area (Å²) in [5.41, 5.74) is 5.52. The molecule has 0 saturated carbocycles. The van der Waals surface area contributed by atoms with Gasteiger partial charge in [0.15, 0.2) is 16.7 Å². The van der Waals surface area contributed by atoms with Crippen molar-refractivity contribution in [3.63, 3.8) is 0 Å². The number of nitrogens with one attached hydrogen (secondary N) is 1. The molecule has 3 saturated heterocycles. The molecule has 3 heterocycles. The van der Waals surface area contributed by atoms with E-state index in [0.717, 1.165) is 0 Å². The average Bonchev–Trinajstić information content (AvgIpc) is 2.78. The third-order valence-electron chi connectivity index (χ3n) is 3.78. The molecular formula is C13H22N2O5S. The third-order valence-corrected chi connectivity index (χ3v) is 3.93. The summed E-state index contributed by atoms with van der Waals surface area (Å²) >= 11 is 4.87. The van der Waals surface area contributed by atoms with Crippen LogP contribution in [0, 0.1) is 0 Å². The van der Waals surface area contributed by atoms with Gasteiger partial charge in [-0.2, -0.15) is 0 Å². The van der Waals surface area contributed by atoms with E-state index in [1.54, 1.807) is 0 Å². The van der Waals surface area contributed by atoms with Crippen molar-refractivity contribution in [2.45, 2.75) is 63.4 Å². The number of hydrogen-bond acceptors (Lipinski definition) is 6. The Bertz CT molecular complexity index is 458. The zero-order chi connectivity index (χ0) is 15.5. The maximum Gasteiger partial charge on any atom is 0.218 e. The lowest BCUT2D eigenvalue weighted by atomic mass is 9.97. The van der Waals surface area contributed by atoms with E-state index in [1.807, 2.05) is 27.7 Å². The molecule has 4 atom stereocenters. The van der Waals surface area contributed by atoms with Crippen molar-refractivity contribution in [1.82, 2.24) is 5.32 Å². The van der Waals surface area contributed by atoms with Crippen molar-refractivity contribution in [2.75, 3.05) is 13.2 Å². The maximum absolute atomic E-state index is 6.02. The van der Waals surface area contributed by atoms with Crippen molar-refractivity contribution >= 4 is 17.3 Å². The zero-order valence-electron chi connectivity index (χ0n) is 12.7. The van der Waals surface area contributed by atoms with Gasteiger partial charge in [0.1, 0.15) is 18.3 Å². The van der Waals surface area contributed by atoms with Crippen molar-refractivity contribution in [2.24, 2.45) is 5.73 Å². The Hall–Kier alpha value is -0.510. The van der Waals surface area contributed by atoms with Crippen LogP contribution in [0.1, 0.15) is 27.7 Å². The fourth-order valence-corrected chi connectivity index (χ4v) is 3.26. The van der Waals surface area contributed by atoms with E-state index in [2.05, 4.69) is 5.32 Å². The van der Waals surface area contributed by atoms with Crippen LogP contribution in [0.25, 0.3) is 0 Å². The molecule has 0 bridgehead atoms. The van der Waals surface area contributed by atoms with Crippen molar-refractivity contribution < 1.29 is 23.7 Å². The summed E-state index contributed by atoms with van der Waals surface area (Å²) < 4.78 is 29.8. The number of ether oxygens (including phenoxy) is 5. The maximum atomic E-state index is 6.02. The summed E-state index contributed by atoms with van der Waals surface area (Å²) in [6.07, 6.45) is -0.862. The Labute approximate surface area is 129 Å². The molecule has 0 radical (unpaired) electrons. The van der Waals surface area contributed by atoms with Gasteiger partial charge in [0.05, 0.1) is 13.2 Å². The first-order chi connectivity index (χ1) is 9.63. The number of hydrogen-bond donors (Lipinski definition) is 2. The Balaban J connectivity index is 1.86. The van der Waals surface area contributed by atoms with E-state index in [4.69, 9.17) is 41.6 Å². The van der Waals surface area contributed by atoms with E-state index in [9.17, 15) is 0 Å². The Morgan fingerprint density at radius 1 is 1.19 bits per heavy atom. The monoisotopic (exact) mass is 318 g/mol. The molecule has 8 heteroatoms. The minimum Gasteiger partial charge on any atom is -0.376 e. The van der Waals surface area contributed by atoms with Crippen LogP contribution in [0.3, 0.4) is 0 Å². The largest absolute Gasteiger partial charge is 0.376 e. The Kier molecular flexibility index (Phi) is 3.47. The van der Waals surface area contributed by atoms with Crippen LogP contribution >= 0.6 is 12.2 Å². The molecule has 21 heavy (non-hydrogen) atoms. The lowest BCUT2D eigenvalue weighted by Crippen LogP contribution is -2.62. The van der Waals surface area contributed by atoms with E-state index in [0.29, 0.717) is 13.2 Å². The number of fused-ring (bicyclic) bond motifs is 3. The van der Waals surface area contributed by atoms with Crippen molar-refractivity contribution in [3.05, 3.63) is 0 Å². The van der Waals surface area contributed by atoms with Gasteiger partial charge in [-0.05, 0) is 39.9 Å². The standard InChI is InChI=1S/C13H22N2O5S/c1-11(2)17-7-5-16-13(6-15-10(14)21)9(8(7)18-11)19-12(3,4)20-13/h7-9H,5-6H2,1-4H3,(H3,14,15,21)/t7-,8-,9+,13+/m1/s1.